The predicted octanol–water partition coefficient (Wildman–Crippen LogP) is 3.40. The van der Waals surface area contributed by atoms with Gasteiger partial charge in [-0.2, -0.15) is 0 Å². The van der Waals surface area contributed by atoms with Crippen LogP contribution in [0.2, 0.25) is 0 Å². The SMILES string of the molecule is Cc1cc(C)c(CC2CCNCC2C)c(C)c1. The fourth-order valence-electron chi connectivity index (χ4n) is 3.17. The third-order valence-corrected chi connectivity index (χ3v) is 4.27. The molecule has 1 N–H and O–H groups in total. The first-order chi connectivity index (χ1) is 8.08. The Morgan fingerprint density at radius 3 is 2.41 bits per heavy atom. The van der Waals surface area contributed by atoms with E-state index in [0.717, 1.165) is 11.8 Å². The van der Waals surface area contributed by atoms with Gasteiger partial charge in [0, 0.05) is 0 Å². The van der Waals surface area contributed by atoms with Gasteiger partial charge in [-0.3, -0.25) is 0 Å². The maximum Gasteiger partial charge on any atom is -0.00204 e. The van der Waals surface area contributed by atoms with Crippen molar-refractivity contribution in [2.24, 2.45) is 11.8 Å². The molecule has 0 spiro atoms. The Morgan fingerprint density at radius 1 is 1.18 bits per heavy atom. The second kappa shape index (κ2) is 5.22. The highest BCUT2D eigenvalue weighted by Gasteiger charge is 2.22. The van der Waals surface area contributed by atoms with E-state index in [1.165, 1.54) is 42.6 Å². The minimum absolute atomic E-state index is 0.809. The van der Waals surface area contributed by atoms with Crippen LogP contribution in [0.25, 0.3) is 0 Å². The molecule has 17 heavy (non-hydrogen) atoms. The molecule has 0 saturated carbocycles. The molecule has 0 amide bonds. The monoisotopic (exact) mass is 231 g/mol. The summed E-state index contributed by atoms with van der Waals surface area (Å²) in [5.41, 5.74) is 5.94. The van der Waals surface area contributed by atoms with E-state index in [0.29, 0.717) is 0 Å². The van der Waals surface area contributed by atoms with Gasteiger partial charge in [0.05, 0.1) is 0 Å². The molecule has 0 aromatic heterocycles. The third-order valence-electron chi connectivity index (χ3n) is 4.27. The maximum atomic E-state index is 3.49. The molecule has 1 heterocycles. The van der Waals surface area contributed by atoms with Gasteiger partial charge in [-0.25, -0.2) is 0 Å². The molecular weight excluding hydrogens is 206 g/mol. The Balaban J connectivity index is 2.17. The van der Waals surface area contributed by atoms with Gasteiger partial charge in [0.15, 0.2) is 0 Å². The van der Waals surface area contributed by atoms with Crippen LogP contribution in [-0.2, 0) is 6.42 Å². The van der Waals surface area contributed by atoms with Gasteiger partial charge in [0.2, 0.25) is 0 Å². The summed E-state index contributed by atoms with van der Waals surface area (Å²) in [6, 6.07) is 4.65. The lowest BCUT2D eigenvalue weighted by molar-refractivity contribution is 0.271. The Hall–Kier alpha value is -0.820. The van der Waals surface area contributed by atoms with Gasteiger partial charge in [0.1, 0.15) is 0 Å². The summed E-state index contributed by atoms with van der Waals surface area (Å²) in [7, 11) is 0. The second-order valence-electron chi connectivity index (χ2n) is 5.81. The minimum Gasteiger partial charge on any atom is -0.316 e. The number of rotatable bonds is 2. The molecule has 0 bridgehead atoms. The summed E-state index contributed by atoms with van der Waals surface area (Å²) in [5, 5.41) is 3.49. The quantitative estimate of drug-likeness (QED) is 0.822. The van der Waals surface area contributed by atoms with Crippen LogP contribution in [0, 0.1) is 32.6 Å². The van der Waals surface area contributed by atoms with E-state index in [1.54, 1.807) is 5.56 Å². The number of nitrogens with one attached hydrogen (secondary N) is 1. The number of benzene rings is 1. The molecule has 1 aromatic carbocycles. The predicted molar refractivity (Wildman–Crippen MR) is 74.5 cm³/mol. The Kier molecular flexibility index (Phi) is 3.88. The van der Waals surface area contributed by atoms with Gasteiger partial charge >= 0.3 is 0 Å². The normalized spacial score (nSPS) is 24.9. The van der Waals surface area contributed by atoms with E-state index in [9.17, 15) is 0 Å². The van der Waals surface area contributed by atoms with Crippen molar-refractivity contribution >= 4 is 0 Å². The fraction of sp³-hybridized carbons (Fsp3) is 0.625. The van der Waals surface area contributed by atoms with Crippen molar-refractivity contribution in [3.05, 3.63) is 34.4 Å². The first-order valence-electron chi connectivity index (χ1n) is 6.85. The molecule has 2 unspecified atom stereocenters. The zero-order valence-electron chi connectivity index (χ0n) is 11.6. The summed E-state index contributed by atoms with van der Waals surface area (Å²) < 4.78 is 0. The average molecular weight is 231 g/mol. The first-order valence-corrected chi connectivity index (χ1v) is 6.85. The summed E-state index contributed by atoms with van der Waals surface area (Å²) in [5.74, 6) is 1.67. The second-order valence-corrected chi connectivity index (χ2v) is 5.81. The van der Waals surface area contributed by atoms with Crippen molar-refractivity contribution in [2.75, 3.05) is 13.1 Å². The molecule has 1 aliphatic rings. The molecule has 1 aromatic rings. The lowest BCUT2D eigenvalue weighted by atomic mass is 9.81. The molecule has 1 heteroatoms. The molecule has 1 aliphatic heterocycles. The van der Waals surface area contributed by atoms with E-state index in [1.807, 2.05) is 0 Å². The van der Waals surface area contributed by atoms with Crippen molar-refractivity contribution < 1.29 is 0 Å². The zero-order chi connectivity index (χ0) is 12.4. The van der Waals surface area contributed by atoms with E-state index in [2.05, 4.69) is 45.1 Å². The summed E-state index contributed by atoms with van der Waals surface area (Å²) in [6.07, 6.45) is 2.59. The molecule has 0 radical (unpaired) electrons. The van der Waals surface area contributed by atoms with Crippen molar-refractivity contribution in [2.45, 2.75) is 40.5 Å². The van der Waals surface area contributed by atoms with Crippen molar-refractivity contribution in [1.82, 2.24) is 5.32 Å². The molecule has 94 valence electrons. The van der Waals surface area contributed by atoms with Crippen LogP contribution in [0.5, 0.6) is 0 Å². The van der Waals surface area contributed by atoms with Crippen LogP contribution < -0.4 is 5.32 Å². The van der Waals surface area contributed by atoms with E-state index in [-0.39, 0.29) is 0 Å². The number of hydrogen-bond donors (Lipinski definition) is 1. The summed E-state index contributed by atoms with van der Waals surface area (Å²) in [6.45, 7) is 11.5. The summed E-state index contributed by atoms with van der Waals surface area (Å²) in [4.78, 5) is 0. The number of hydrogen-bond acceptors (Lipinski definition) is 1. The third kappa shape index (κ3) is 2.90. The number of aryl methyl sites for hydroxylation is 3. The maximum absolute atomic E-state index is 3.49. The molecule has 2 atom stereocenters. The Bertz CT molecular complexity index is 372. The number of piperidine rings is 1. The highest BCUT2D eigenvalue weighted by Crippen LogP contribution is 2.27. The fourth-order valence-corrected chi connectivity index (χ4v) is 3.17. The van der Waals surface area contributed by atoms with Gasteiger partial charge in [-0.05, 0) is 75.2 Å². The van der Waals surface area contributed by atoms with Crippen LogP contribution in [0.1, 0.15) is 35.6 Å². The van der Waals surface area contributed by atoms with Gasteiger partial charge in [-0.15, -0.1) is 0 Å². The average Bonchev–Trinajstić information content (AvgIpc) is 2.25. The highest BCUT2D eigenvalue weighted by atomic mass is 14.9. The smallest absolute Gasteiger partial charge is 0.00204 e. The van der Waals surface area contributed by atoms with Crippen LogP contribution in [0.15, 0.2) is 12.1 Å². The lowest BCUT2D eigenvalue weighted by Gasteiger charge is -2.30. The Morgan fingerprint density at radius 2 is 1.82 bits per heavy atom. The highest BCUT2D eigenvalue weighted by molar-refractivity contribution is 5.37. The molecular formula is C16H25N. The van der Waals surface area contributed by atoms with Crippen molar-refractivity contribution in [3.8, 4) is 0 Å². The van der Waals surface area contributed by atoms with Gasteiger partial charge in [0.25, 0.3) is 0 Å². The standard InChI is InChI=1S/C16H25N/c1-11-7-12(2)16(13(3)8-11)9-15-5-6-17-10-14(15)4/h7-8,14-15,17H,5-6,9-10H2,1-4H3. The molecule has 0 aliphatic carbocycles. The minimum atomic E-state index is 0.809. The largest absolute Gasteiger partial charge is 0.316 e. The zero-order valence-corrected chi connectivity index (χ0v) is 11.6. The molecule has 1 saturated heterocycles. The van der Waals surface area contributed by atoms with Crippen LogP contribution in [0.4, 0.5) is 0 Å². The molecule has 1 fully saturated rings. The topological polar surface area (TPSA) is 12.0 Å². The van der Waals surface area contributed by atoms with E-state index in [4.69, 9.17) is 0 Å². The van der Waals surface area contributed by atoms with Crippen molar-refractivity contribution in [3.63, 3.8) is 0 Å². The Labute approximate surface area is 106 Å². The summed E-state index contributed by atoms with van der Waals surface area (Å²) >= 11 is 0. The molecule has 2 rings (SSSR count). The van der Waals surface area contributed by atoms with Gasteiger partial charge in [-0.1, -0.05) is 24.6 Å². The molecule has 1 nitrogen and oxygen atoms in total. The van der Waals surface area contributed by atoms with Gasteiger partial charge < -0.3 is 5.32 Å². The van der Waals surface area contributed by atoms with Crippen LogP contribution in [0.3, 0.4) is 0 Å². The lowest BCUT2D eigenvalue weighted by Crippen LogP contribution is -2.36. The van der Waals surface area contributed by atoms with Crippen LogP contribution in [-0.4, -0.2) is 13.1 Å². The van der Waals surface area contributed by atoms with Crippen molar-refractivity contribution in [1.29, 1.82) is 0 Å². The van der Waals surface area contributed by atoms with E-state index < -0.39 is 0 Å². The van der Waals surface area contributed by atoms with E-state index >= 15 is 0 Å². The van der Waals surface area contributed by atoms with Crippen LogP contribution >= 0.6 is 0 Å². The first kappa shape index (κ1) is 12.6.